The lowest BCUT2D eigenvalue weighted by Crippen LogP contribution is -1.92. The summed E-state index contributed by atoms with van der Waals surface area (Å²) < 4.78 is 5.12. The first kappa shape index (κ1) is 26.3. The smallest absolute Gasteiger partial charge is 0.0934 e. The SMILES string of the molecule is CCC(C)CC(C)=CCCC(C)=CCCC(C)=CCCC(C)=CCCc1ccoc1. The van der Waals surface area contributed by atoms with E-state index in [0.717, 1.165) is 25.2 Å². The van der Waals surface area contributed by atoms with Crippen LogP contribution in [-0.4, -0.2) is 0 Å². The highest BCUT2D eigenvalue weighted by molar-refractivity contribution is 5.10. The van der Waals surface area contributed by atoms with Gasteiger partial charge in [-0.2, -0.15) is 0 Å². The highest BCUT2D eigenvalue weighted by atomic mass is 16.3. The van der Waals surface area contributed by atoms with Crippen molar-refractivity contribution in [1.82, 2.24) is 0 Å². The van der Waals surface area contributed by atoms with Gasteiger partial charge in [-0.25, -0.2) is 0 Å². The minimum atomic E-state index is 0.814. The van der Waals surface area contributed by atoms with Gasteiger partial charge in [-0.1, -0.05) is 66.9 Å². The molecule has 0 radical (unpaired) electrons. The van der Waals surface area contributed by atoms with Crippen molar-refractivity contribution in [2.45, 2.75) is 106 Å². The zero-order valence-corrected chi connectivity index (χ0v) is 20.6. The second-order valence-electron chi connectivity index (χ2n) is 9.21. The number of allylic oxidation sites excluding steroid dienone is 8. The van der Waals surface area contributed by atoms with E-state index >= 15 is 0 Å². The van der Waals surface area contributed by atoms with Gasteiger partial charge in [0.15, 0.2) is 0 Å². The van der Waals surface area contributed by atoms with Crippen LogP contribution in [0.3, 0.4) is 0 Å². The van der Waals surface area contributed by atoms with Crippen molar-refractivity contribution in [3.05, 3.63) is 70.8 Å². The third kappa shape index (κ3) is 13.5. The third-order valence-electron chi connectivity index (χ3n) is 5.97. The Kier molecular flexibility index (Phi) is 14.0. The first-order chi connectivity index (χ1) is 14.4. The van der Waals surface area contributed by atoms with Gasteiger partial charge in [0.05, 0.1) is 12.5 Å². The van der Waals surface area contributed by atoms with Gasteiger partial charge in [0.25, 0.3) is 0 Å². The van der Waals surface area contributed by atoms with E-state index < -0.39 is 0 Å². The fourth-order valence-electron chi connectivity index (χ4n) is 3.64. The van der Waals surface area contributed by atoms with Gasteiger partial charge >= 0.3 is 0 Å². The standard InChI is InChI=1S/C29H46O/c1-7-24(2)22-28(6)18-10-16-26(4)14-8-12-25(3)13-9-15-27(5)17-11-19-29-20-21-30-23-29/h13-14,17-18,20-21,23-24H,7-12,15-16,19,22H2,1-6H3. The molecule has 0 aliphatic heterocycles. The molecule has 1 atom stereocenters. The fourth-order valence-corrected chi connectivity index (χ4v) is 3.64. The fraction of sp³-hybridized carbons (Fsp3) is 0.586. The van der Waals surface area contributed by atoms with Crippen LogP contribution < -0.4 is 0 Å². The van der Waals surface area contributed by atoms with Crippen molar-refractivity contribution in [3.63, 3.8) is 0 Å². The number of rotatable bonds is 15. The summed E-state index contributed by atoms with van der Waals surface area (Å²) in [6, 6.07) is 2.05. The second kappa shape index (κ2) is 16.0. The van der Waals surface area contributed by atoms with E-state index in [1.54, 1.807) is 11.8 Å². The number of hydrogen-bond acceptors (Lipinski definition) is 1. The number of aryl methyl sites for hydroxylation is 1. The summed E-state index contributed by atoms with van der Waals surface area (Å²) in [7, 11) is 0. The molecule has 1 aromatic heterocycles. The monoisotopic (exact) mass is 410 g/mol. The van der Waals surface area contributed by atoms with E-state index in [0.29, 0.717) is 0 Å². The van der Waals surface area contributed by atoms with Gasteiger partial charge in [0.2, 0.25) is 0 Å². The normalized spacial score (nSPS) is 15.0. The van der Waals surface area contributed by atoms with Crippen LogP contribution in [0, 0.1) is 5.92 Å². The van der Waals surface area contributed by atoms with E-state index in [1.807, 2.05) is 6.26 Å². The van der Waals surface area contributed by atoms with Crippen LogP contribution in [0.5, 0.6) is 0 Å². The average molecular weight is 411 g/mol. The van der Waals surface area contributed by atoms with Gasteiger partial charge in [0.1, 0.15) is 0 Å². The maximum absolute atomic E-state index is 5.12. The lowest BCUT2D eigenvalue weighted by molar-refractivity contribution is 0.556. The molecule has 0 amide bonds. The Hall–Kier alpha value is -1.76. The lowest BCUT2D eigenvalue weighted by Gasteiger charge is -2.08. The predicted molar refractivity (Wildman–Crippen MR) is 134 cm³/mol. The molecule has 0 N–H and O–H groups in total. The Balaban J connectivity index is 2.20. The molecule has 0 aliphatic rings. The average Bonchev–Trinajstić information content (AvgIpc) is 3.21. The maximum atomic E-state index is 5.12. The molecule has 1 unspecified atom stereocenters. The first-order valence-corrected chi connectivity index (χ1v) is 12.0. The Bertz CT molecular complexity index is 682. The molecule has 0 saturated heterocycles. The van der Waals surface area contributed by atoms with E-state index in [9.17, 15) is 0 Å². The molecule has 168 valence electrons. The summed E-state index contributed by atoms with van der Waals surface area (Å²) >= 11 is 0. The van der Waals surface area contributed by atoms with Gasteiger partial charge in [0, 0.05) is 0 Å². The number of furan rings is 1. The molecule has 1 rings (SSSR count). The molecular weight excluding hydrogens is 364 g/mol. The van der Waals surface area contributed by atoms with Gasteiger partial charge in [-0.3, -0.25) is 0 Å². The molecule has 0 spiro atoms. The number of hydrogen-bond donors (Lipinski definition) is 0. The van der Waals surface area contributed by atoms with Gasteiger partial charge in [-0.15, -0.1) is 0 Å². The second-order valence-corrected chi connectivity index (χ2v) is 9.21. The van der Waals surface area contributed by atoms with E-state index in [1.165, 1.54) is 67.2 Å². The molecular formula is C29H46O. The topological polar surface area (TPSA) is 13.1 Å². The van der Waals surface area contributed by atoms with Gasteiger partial charge in [-0.05, 0) is 103 Å². The highest BCUT2D eigenvalue weighted by Gasteiger charge is 1.99. The molecule has 0 aromatic carbocycles. The molecule has 0 bridgehead atoms. The summed E-state index contributed by atoms with van der Waals surface area (Å²) in [4.78, 5) is 0. The Morgan fingerprint density at radius 3 is 1.77 bits per heavy atom. The van der Waals surface area contributed by atoms with Crippen LogP contribution in [0.1, 0.15) is 105 Å². The van der Waals surface area contributed by atoms with Gasteiger partial charge < -0.3 is 4.42 Å². The van der Waals surface area contributed by atoms with E-state index in [2.05, 4.69) is 71.9 Å². The van der Waals surface area contributed by atoms with Crippen LogP contribution in [-0.2, 0) is 6.42 Å². The van der Waals surface area contributed by atoms with Crippen molar-refractivity contribution in [1.29, 1.82) is 0 Å². The Morgan fingerprint density at radius 1 is 0.800 bits per heavy atom. The van der Waals surface area contributed by atoms with Crippen LogP contribution in [0.2, 0.25) is 0 Å². The van der Waals surface area contributed by atoms with Crippen LogP contribution in [0.25, 0.3) is 0 Å². The van der Waals surface area contributed by atoms with Crippen molar-refractivity contribution in [3.8, 4) is 0 Å². The molecule has 0 aliphatic carbocycles. The van der Waals surface area contributed by atoms with Crippen molar-refractivity contribution < 1.29 is 4.42 Å². The Labute approximate surface area is 187 Å². The third-order valence-corrected chi connectivity index (χ3v) is 5.97. The van der Waals surface area contributed by atoms with Crippen LogP contribution in [0.15, 0.2) is 69.6 Å². The molecule has 1 nitrogen and oxygen atoms in total. The zero-order valence-electron chi connectivity index (χ0n) is 20.6. The van der Waals surface area contributed by atoms with E-state index in [-0.39, 0.29) is 0 Å². The van der Waals surface area contributed by atoms with Crippen molar-refractivity contribution >= 4 is 0 Å². The van der Waals surface area contributed by atoms with E-state index in [4.69, 9.17) is 4.42 Å². The molecule has 30 heavy (non-hydrogen) atoms. The first-order valence-electron chi connectivity index (χ1n) is 12.0. The predicted octanol–water partition coefficient (Wildman–Crippen LogP) is 9.77. The molecule has 1 heterocycles. The molecule has 1 heteroatoms. The summed E-state index contributed by atoms with van der Waals surface area (Å²) in [5.74, 6) is 0.814. The summed E-state index contributed by atoms with van der Waals surface area (Å²) in [6.07, 6.45) is 25.0. The minimum Gasteiger partial charge on any atom is -0.472 e. The maximum Gasteiger partial charge on any atom is 0.0934 e. The minimum absolute atomic E-state index is 0.814. The largest absolute Gasteiger partial charge is 0.472 e. The summed E-state index contributed by atoms with van der Waals surface area (Å²) in [6.45, 7) is 13.7. The van der Waals surface area contributed by atoms with Crippen molar-refractivity contribution in [2.75, 3.05) is 0 Å². The van der Waals surface area contributed by atoms with Crippen LogP contribution in [0.4, 0.5) is 0 Å². The summed E-state index contributed by atoms with van der Waals surface area (Å²) in [5.41, 5.74) is 7.40. The lowest BCUT2D eigenvalue weighted by atomic mass is 9.98. The zero-order chi connectivity index (χ0) is 22.2. The molecule has 1 aromatic rings. The highest BCUT2D eigenvalue weighted by Crippen LogP contribution is 2.17. The van der Waals surface area contributed by atoms with Crippen LogP contribution >= 0.6 is 0 Å². The molecule has 0 saturated carbocycles. The molecule has 0 fully saturated rings. The summed E-state index contributed by atoms with van der Waals surface area (Å²) in [5, 5.41) is 0. The van der Waals surface area contributed by atoms with Crippen molar-refractivity contribution in [2.24, 2.45) is 5.92 Å². The quantitative estimate of drug-likeness (QED) is 0.262. The Morgan fingerprint density at radius 2 is 1.30 bits per heavy atom.